The molecule has 1 heterocycles. The van der Waals surface area contributed by atoms with Crippen molar-refractivity contribution in [1.29, 1.82) is 0 Å². The van der Waals surface area contributed by atoms with Crippen molar-refractivity contribution in [3.05, 3.63) is 93.4 Å². The third-order valence-corrected chi connectivity index (χ3v) is 8.60. The van der Waals surface area contributed by atoms with E-state index in [1.807, 2.05) is 19.9 Å². The highest BCUT2D eigenvalue weighted by molar-refractivity contribution is 5.79. The van der Waals surface area contributed by atoms with Gasteiger partial charge in [0.05, 0.1) is 18.1 Å². The Morgan fingerprint density at radius 2 is 1.87 bits per heavy atom. The molecule has 1 fully saturated rings. The molecule has 8 heteroatoms. The maximum Gasteiger partial charge on any atom is 0.416 e. The normalized spacial score (nSPS) is 24.1. The number of hydrogen-bond donors (Lipinski definition) is 0. The van der Waals surface area contributed by atoms with Crippen LogP contribution in [0.15, 0.2) is 48.7 Å². The topological polar surface area (TPSA) is 48.4 Å². The molecule has 204 valence electrons. The van der Waals surface area contributed by atoms with E-state index in [2.05, 4.69) is 4.98 Å². The monoisotopic (exact) mass is 539 g/mol. The van der Waals surface area contributed by atoms with Crippen molar-refractivity contribution in [2.24, 2.45) is 11.8 Å². The number of esters is 1. The lowest BCUT2D eigenvalue weighted by molar-refractivity contribution is -0.145. The molecular formula is C31H29F4NO3. The predicted molar refractivity (Wildman–Crippen MR) is 136 cm³/mol. The van der Waals surface area contributed by atoms with Crippen LogP contribution in [-0.4, -0.2) is 17.6 Å². The summed E-state index contributed by atoms with van der Waals surface area (Å²) < 4.78 is 67.7. The molecule has 0 aliphatic heterocycles. The largest absolute Gasteiger partial charge is 0.473 e. The number of carbonyl (C=O) groups is 1. The van der Waals surface area contributed by atoms with E-state index >= 15 is 4.39 Å². The van der Waals surface area contributed by atoms with Gasteiger partial charge in [0, 0.05) is 29.7 Å². The first-order chi connectivity index (χ1) is 18.5. The lowest BCUT2D eigenvalue weighted by Gasteiger charge is -2.21. The van der Waals surface area contributed by atoms with Crippen LogP contribution in [0.3, 0.4) is 0 Å². The number of aromatic nitrogens is 1. The van der Waals surface area contributed by atoms with Gasteiger partial charge in [-0.25, -0.2) is 9.37 Å². The first-order valence-electron chi connectivity index (χ1n) is 13.3. The molecule has 0 radical (unpaired) electrons. The molecule has 3 aromatic rings. The number of pyridine rings is 1. The number of nitrogens with zero attached hydrogens (tertiary/aromatic N) is 1. The summed E-state index contributed by atoms with van der Waals surface area (Å²) in [7, 11) is 0. The van der Waals surface area contributed by atoms with Crippen LogP contribution >= 0.6 is 0 Å². The highest BCUT2D eigenvalue weighted by Gasteiger charge is 2.60. The van der Waals surface area contributed by atoms with Gasteiger partial charge < -0.3 is 9.47 Å². The lowest BCUT2D eigenvalue weighted by atomic mass is 9.84. The van der Waals surface area contributed by atoms with Gasteiger partial charge in [-0.15, -0.1) is 0 Å². The number of alkyl halides is 3. The van der Waals surface area contributed by atoms with Gasteiger partial charge in [0.2, 0.25) is 5.88 Å². The van der Waals surface area contributed by atoms with Crippen LogP contribution in [0.4, 0.5) is 17.6 Å². The van der Waals surface area contributed by atoms with Gasteiger partial charge >= 0.3 is 12.1 Å². The molecule has 39 heavy (non-hydrogen) atoms. The zero-order chi connectivity index (χ0) is 27.7. The summed E-state index contributed by atoms with van der Waals surface area (Å²) in [4.78, 5) is 16.5. The predicted octanol–water partition coefficient (Wildman–Crippen LogP) is 7.08. The lowest BCUT2D eigenvalue weighted by Crippen LogP contribution is -2.14. The summed E-state index contributed by atoms with van der Waals surface area (Å²) in [5.74, 6) is -0.520. The van der Waals surface area contributed by atoms with E-state index in [9.17, 15) is 18.0 Å². The van der Waals surface area contributed by atoms with Crippen LogP contribution in [0, 0.1) is 17.7 Å². The number of rotatable bonds is 6. The Labute approximate surface area is 224 Å². The minimum absolute atomic E-state index is 0.0999. The Balaban J connectivity index is 1.24. The van der Waals surface area contributed by atoms with Gasteiger partial charge in [0.25, 0.3) is 0 Å². The Morgan fingerprint density at radius 1 is 1.10 bits per heavy atom. The van der Waals surface area contributed by atoms with E-state index in [1.165, 1.54) is 18.2 Å². The van der Waals surface area contributed by atoms with Crippen LogP contribution in [0.1, 0.15) is 78.0 Å². The molecule has 4 nitrogen and oxygen atoms in total. The average Bonchev–Trinajstić information content (AvgIpc) is 3.37. The Bertz CT molecular complexity index is 1460. The van der Waals surface area contributed by atoms with Gasteiger partial charge in [0.1, 0.15) is 12.4 Å². The van der Waals surface area contributed by atoms with E-state index < -0.39 is 28.9 Å². The maximum atomic E-state index is 15.2. The van der Waals surface area contributed by atoms with Crippen LogP contribution in [0.5, 0.6) is 5.88 Å². The van der Waals surface area contributed by atoms with Crippen molar-refractivity contribution in [3.8, 4) is 5.88 Å². The quantitative estimate of drug-likeness (QED) is 0.248. The second-order valence-electron chi connectivity index (χ2n) is 11.4. The van der Waals surface area contributed by atoms with Crippen molar-refractivity contribution in [3.63, 3.8) is 0 Å². The summed E-state index contributed by atoms with van der Waals surface area (Å²) in [6, 6.07) is 10.6. The molecule has 1 unspecified atom stereocenters. The molecule has 0 N–H and O–H groups in total. The summed E-state index contributed by atoms with van der Waals surface area (Å²) in [6.07, 6.45) is -1.57. The number of benzene rings is 2. The number of hydrogen-bond acceptors (Lipinski definition) is 4. The molecule has 0 bridgehead atoms. The van der Waals surface area contributed by atoms with Gasteiger partial charge in [-0.2, -0.15) is 13.2 Å². The fourth-order valence-electron chi connectivity index (χ4n) is 6.75. The number of halogens is 4. The number of ether oxygens (including phenoxy) is 2. The Morgan fingerprint density at radius 3 is 2.62 bits per heavy atom. The number of carbonyl (C=O) groups excluding carboxylic acids is 1. The average molecular weight is 540 g/mol. The van der Waals surface area contributed by atoms with E-state index in [4.69, 9.17) is 9.47 Å². The molecule has 1 saturated carbocycles. The van der Waals surface area contributed by atoms with E-state index in [0.29, 0.717) is 24.5 Å². The summed E-state index contributed by atoms with van der Waals surface area (Å²) in [5.41, 5.74) is 2.84. The minimum atomic E-state index is -4.48. The second kappa shape index (κ2) is 9.07. The van der Waals surface area contributed by atoms with Crippen LogP contribution in [-0.2, 0) is 34.2 Å². The molecule has 3 aliphatic carbocycles. The third kappa shape index (κ3) is 4.38. The second-order valence-corrected chi connectivity index (χ2v) is 11.4. The summed E-state index contributed by atoms with van der Waals surface area (Å²) in [5, 5.41) is 0. The van der Waals surface area contributed by atoms with Crippen molar-refractivity contribution in [1.82, 2.24) is 4.98 Å². The molecule has 0 amide bonds. The SMILES string of the molecule is CCOC(=O)[C@H]1[C@@H]2Cc3cc(OCc4cc5c(cc4F)C(C)(C)CC5c4ccccc4C(F)(F)F)ncc3[C@@H]21. The first kappa shape index (κ1) is 25.8. The van der Waals surface area contributed by atoms with Gasteiger partial charge in [0.15, 0.2) is 0 Å². The Kier molecular flexibility index (Phi) is 6.01. The molecule has 1 aromatic heterocycles. The van der Waals surface area contributed by atoms with E-state index in [-0.39, 0.29) is 41.5 Å². The molecule has 6 rings (SSSR count). The molecular weight excluding hydrogens is 510 g/mol. The zero-order valence-electron chi connectivity index (χ0n) is 21.9. The molecule has 0 spiro atoms. The Hall–Kier alpha value is -3.42. The van der Waals surface area contributed by atoms with Crippen molar-refractivity contribution >= 4 is 5.97 Å². The zero-order valence-corrected chi connectivity index (χ0v) is 21.9. The molecule has 0 saturated heterocycles. The fraction of sp³-hybridized carbons (Fsp3) is 0.419. The van der Waals surface area contributed by atoms with E-state index in [1.54, 1.807) is 25.3 Å². The molecule has 2 aromatic carbocycles. The standard InChI is InChI=1S/C31H29F4NO3/c1-4-38-29(37)28-20-9-16-11-26(36-14-22(16)27(20)28)39-15-17-10-19-21(13-30(2,3)24(19)12-25(17)32)18-7-5-6-8-23(18)31(33,34)35/h5-8,10-12,14,20-21,27-28H,4,9,13,15H2,1-3H3/t20-,21?,27-,28+/m1/s1. The van der Waals surface area contributed by atoms with Crippen molar-refractivity contribution in [2.75, 3.05) is 6.61 Å². The van der Waals surface area contributed by atoms with Crippen molar-refractivity contribution < 1.29 is 31.8 Å². The van der Waals surface area contributed by atoms with Gasteiger partial charge in [-0.3, -0.25) is 4.79 Å². The smallest absolute Gasteiger partial charge is 0.416 e. The van der Waals surface area contributed by atoms with Crippen LogP contribution in [0.25, 0.3) is 0 Å². The highest BCUT2D eigenvalue weighted by Crippen LogP contribution is 2.62. The van der Waals surface area contributed by atoms with Crippen LogP contribution in [0.2, 0.25) is 0 Å². The first-order valence-corrected chi connectivity index (χ1v) is 13.3. The van der Waals surface area contributed by atoms with Gasteiger partial charge in [-0.05, 0) is 77.1 Å². The maximum absolute atomic E-state index is 15.2. The van der Waals surface area contributed by atoms with Crippen molar-refractivity contribution in [2.45, 2.75) is 63.6 Å². The van der Waals surface area contributed by atoms with E-state index in [0.717, 1.165) is 29.2 Å². The third-order valence-electron chi connectivity index (χ3n) is 8.60. The minimum Gasteiger partial charge on any atom is -0.473 e. The van der Waals surface area contributed by atoms with Crippen LogP contribution < -0.4 is 4.74 Å². The van der Waals surface area contributed by atoms with Gasteiger partial charge in [-0.1, -0.05) is 32.0 Å². The molecule has 3 aliphatic rings. The molecule has 4 atom stereocenters. The summed E-state index contributed by atoms with van der Waals surface area (Å²) >= 11 is 0. The number of fused-ring (bicyclic) bond motifs is 4. The fourth-order valence-corrected chi connectivity index (χ4v) is 6.75. The highest BCUT2D eigenvalue weighted by atomic mass is 19.4. The summed E-state index contributed by atoms with van der Waals surface area (Å²) in [6.45, 7) is 5.92.